The zero-order valence-corrected chi connectivity index (χ0v) is 18.3. The van der Waals surface area contributed by atoms with Crippen molar-refractivity contribution >= 4 is 35.2 Å². The van der Waals surface area contributed by atoms with E-state index in [2.05, 4.69) is 17.1 Å². The molecule has 31 heavy (non-hydrogen) atoms. The Morgan fingerprint density at radius 1 is 1.26 bits per heavy atom. The number of hydrogen-bond acceptors (Lipinski definition) is 4. The summed E-state index contributed by atoms with van der Waals surface area (Å²) in [5.41, 5.74) is 1.34. The van der Waals surface area contributed by atoms with Crippen LogP contribution in [-0.4, -0.2) is 48.9 Å². The van der Waals surface area contributed by atoms with Gasteiger partial charge in [-0.1, -0.05) is 42.8 Å². The average Bonchev–Trinajstić information content (AvgIpc) is 3.23. The Kier molecular flexibility index (Phi) is 6.59. The van der Waals surface area contributed by atoms with Gasteiger partial charge in [-0.2, -0.15) is 0 Å². The van der Waals surface area contributed by atoms with Crippen LogP contribution in [0.4, 0.5) is 5.69 Å². The molecule has 1 saturated heterocycles. The number of hydrogen-bond donors (Lipinski definition) is 1. The van der Waals surface area contributed by atoms with Gasteiger partial charge in [0.05, 0.1) is 5.69 Å². The minimum absolute atomic E-state index is 0.0645. The number of amides is 2. The van der Waals surface area contributed by atoms with Crippen LogP contribution in [0.3, 0.4) is 0 Å². The Hall–Kier alpha value is -2.83. The summed E-state index contributed by atoms with van der Waals surface area (Å²) >= 11 is 6.07. The first-order chi connectivity index (χ1) is 15.0. The van der Waals surface area contributed by atoms with Crippen LogP contribution >= 0.6 is 11.6 Å². The lowest BCUT2D eigenvalue weighted by molar-refractivity contribution is -0.123. The molecule has 0 radical (unpaired) electrons. The van der Waals surface area contributed by atoms with Gasteiger partial charge in [-0.25, -0.2) is 0 Å². The number of nitrogens with zero attached hydrogens (tertiary/aromatic N) is 2. The Bertz CT molecular complexity index is 1010. The maximum Gasteiger partial charge on any atom is 0.294 e. The first-order valence-electron chi connectivity index (χ1n) is 10.6. The van der Waals surface area contributed by atoms with Crippen LogP contribution in [0.25, 0.3) is 6.08 Å². The Balaban J connectivity index is 1.51. The number of fused-ring (bicyclic) bond motifs is 1. The highest BCUT2D eigenvalue weighted by molar-refractivity contribution is 6.30. The molecule has 0 saturated carbocycles. The van der Waals surface area contributed by atoms with Gasteiger partial charge in [-0.3, -0.25) is 19.4 Å². The smallest absolute Gasteiger partial charge is 0.294 e. The molecular weight excluding hydrogens is 414 g/mol. The third kappa shape index (κ3) is 4.92. The Morgan fingerprint density at radius 3 is 2.90 bits per heavy atom. The number of ether oxygens (including phenoxy) is 1. The second kappa shape index (κ2) is 9.54. The molecule has 2 aromatic rings. The summed E-state index contributed by atoms with van der Waals surface area (Å²) in [6, 6.07) is 14.8. The molecular formula is C24H26ClN3O3. The van der Waals surface area contributed by atoms with Crippen molar-refractivity contribution in [3.63, 3.8) is 0 Å². The van der Waals surface area contributed by atoms with E-state index >= 15 is 0 Å². The lowest BCUT2D eigenvalue weighted by atomic mass is 10.1. The summed E-state index contributed by atoms with van der Waals surface area (Å²) in [4.78, 5) is 29.8. The Morgan fingerprint density at radius 2 is 2.10 bits per heavy atom. The number of carbonyl (C=O) groups is 2. The number of carbonyl (C=O) groups excluding carboxylic acids is 2. The van der Waals surface area contributed by atoms with Crippen molar-refractivity contribution in [1.82, 2.24) is 10.2 Å². The third-order valence-electron chi connectivity index (χ3n) is 5.72. The summed E-state index contributed by atoms with van der Waals surface area (Å²) in [6.07, 6.45) is 3.88. The zero-order valence-electron chi connectivity index (χ0n) is 17.5. The van der Waals surface area contributed by atoms with Crippen molar-refractivity contribution in [1.29, 1.82) is 0 Å². The number of halogens is 1. The van der Waals surface area contributed by atoms with E-state index in [1.54, 1.807) is 30.3 Å². The van der Waals surface area contributed by atoms with Crippen LogP contribution in [0.5, 0.6) is 5.75 Å². The van der Waals surface area contributed by atoms with Crippen molar-refractivity contribution in [2.45, 2.75) is 25.8 Å². The molecule has 4 rings (SSSR count). The standard InChI is InChI=1S/C24H26ClN3O3/c1-2-27-12-6-9-19(27)15-26-23(29)16-28-20-10-3-4-11-21(20)31-22(24(28)30)14-17-7-5-8-18(25)13-17/h3-5,7-8,10-11,13-14,19H,2,6,9,12,15-16H2,1H3,(H,26,29)/b22-14+/t19-/m1/s1. The first kappa shape index (κ1) is 21.4. The molecule has 0 aliphatic carbocycles. The maximum atomic E-state index is 13.2. The number of nitrogens with one attached hydrogen (secondary N) is 1. The molecule has 2 aromatic carbocycles. The van der Waals surface area contributed by atoms with Gasteiger partial charge in [0.25, 0.3) is 5.91 Å². The molecule has 2 aliphatic rings. The maximum absolute atomic E-state index is 13.2. The molecule has 1 fully saturated rings. The van der Waals surface area contributed by atoms with Gasteiger partial charge in [-0.15, -0.1) is 0 Å². The van der Waals surface area contributed by atoms with Gasteiger partial charge in [0.2, 0.25) is 5.91 Å². The van der Waals surface area contributed by atoms with E-state index in [1.165, 1.54) is 4.90 Å². The summed E-state index contributed by atoms with van der Waals surface area (Å²) in [5, 5.41) is 3.58. The molecule has 0 aromatic heterocycles. The van der Waals surface area contributed by atoms with Crippen LogP contribution in [0, 0.1) is 0 Å². The third-order valence-corrected chi connectivity index (χ3v) is 5.96. The summed E-state index contributed by atoms with van der Waals surface area (Å²) < 4.78 is 5.86. The fraction of sp³-hybridized carbons (Fsp3) is 0.333. The van der Waals surface area contributed by atoms with E-state index in [0.717, 1.165) is 31.5 Å². The van der Waals surface area contributed by atoms with E-state index in [4.69, 9.17) is 16.3 Å². The van der Waals surface area contributed by atoms with Crippen molar-refractivity contribution in [2.24, 2.45) is 0 Å². The van der Waals surface area contributed by atoms with Crippen molar-refractivity contribution in [3.8, 4) is 5.75 Å². The lowest BCUT2D eigenvalue weighted by Gasteiger charge is -2.30. The van der Waals surface area contributed by atoms with Crippen molar-refractivity contribution in [2.75, 3.05) is 31.1 Å². The lowest BCUT2D eigenvalue weighted by Crippen LogP contribution is -2.47. The molecule has 0 bridgehead atoms. The second-order valence-corrected chi connectivity index (χ2v) is 8.19. The SMILES string of the molecule is CCN1CCC[C@@H]1CNC(=O)CN1C(=O)/C(=C\c2cccc(Cl)c2)Oc2ccccc21. The minimum Gasteiger partial charge on any atom is -0.449 e. The molecule has 7 heteroatoms. The number of benzene rings is 2. The molecule has 2 aliphatic heterocycles. The fourth-order valence-corrected chi connectivity index (χ4v) is 4.34. The van der Waals surface area contributed by atoms with E-state index in [1.807, 2.05) is 24.3 Å². The van der Waals surface area contributed by atoms with Crippen LogP contribution in [0.1, 0.15) is 25.3 Å². The van der Waals surface area contributed by atoms with Crippen molar-refractivity contribution < 1.29 is 14.3 Å². The monoisotopic (exact) mass is 439 g/mol. The first-order valence-corrected chi connectivity index (χ1v) is 11.0. The van der Waals surface area contributed by atoms with Crippen LogP contribution in [0.15, 0.2) is 54.3 Å². The number of para-hydroxylation sites is 2. The van der Waals surface area contributed by atoms with E-state index in [-0.39, 0.29) is 24.1 Å². The average molecular weight is 440 g/mol. The quantitative estimate of drug-likeness (QED) is 0.697. The van der Waals surface area contributed by atoms with Gasteiger partial charge in [0.15, 0.2) is 11.5 Å². The molecule has 2 amide bonds. The van der Waals surface area contributed by atoms with Gasteiger partial charge >= 0.3 is 0 Å². The van der Waals surface area contributed by atoms with Crippen LogP contribution in [-0.2, 0) is 9.59 Å². The van der Waals surface area contributed by atoms with Gasteiger partial charge < -0.3 is 10.1 Å². The molecule has 0 spiro atoms. The molecule has 0 unspecified atom stereocenters. The molecule has 1 N–H and O–H groups in total. The summed E-state index contributed by atoms with van der Waals surface area (Å²) in [7, 11) is 0. The number of likely N-dealkylation sites (N-methyl/N-ethyl adjacent to an activating group) is 1. The molecule has 6 nitrogen and oxygen atoms in total. The van der Waals surface area contributed by atoms with Crippen molar-refractivity contribution in [3.05, 3.63) is 64.9 Å². The van der Waals surface area contributed by atoms with Crippen LogP contribution in [0.2, 0.25) is 5.02 Å². The number of rotatable bonds is 6. The fourth-order valence-electron chi connectivity index (χ4n) is 4.14. The molecule has 2 heterocycles. The molecule has 162 valence electrons. The van der Waals surface area contributed by atoms with Gasteiger partial charge in [0, 0.05) is 17.6 Å². The number of likely N-dealkylation sites (tertiary alicyclic amines) is 1. The van der Waals surface area contributed by atoms with Crippen LogP contribution < -0.4 is 15.0 Å². The van der Waals surface area contributed by atoms with E-state index in [0.29, 0.717) is 29.0 Å². The highest BCUT2D eigenvalue weighted by atomic mass is 35.5. The highest BCUT2D eigenvalue weighted by Gasteiger charge is 2.32. The number of anilines is 1. The van der Waals surface area contributed by atoms with Gasteiger partial charge in [0.1, 0.15) is 6.54 Å². The summed E-state index contributed by atoms with van der Waals surface area (Å²) in [6.45, 7) is 4.72. The van der Waals surface area contributed by atoms with E-state index in [9.17, 15) is 9.59 Å². The summed E-state index contributed by atoms with van der Waals surface area (Å²) in [5.74, 6) is 0.151. The zero-order chi connectivity index (χ0) is 21.8. The largest absolute Gasteiger partial charge is 0.449 e. The molecule has 1 atom stereocenters. The topological polar surface area (TPSA) is 61.9 Å². The Labute approximate surface area is 187 Å². The minimum atomic E-state index is -0.357. The predicted octanol–water partition coefficient (Wildman–Crippen LogP) is 3.71. The van der Waals surface area contributed by atoms with E-state index < -0.39 is 0 Å². The predicted molar refractivity (Wildman–Crippen MR) is 122 cm³/mol. The second-order valence-electron chi connectivity index (χ2n) is 7.75. The van der Waals surface area contributed by atoms with Gasteiger partial charge in [-0.05, 0) is 61.8 Å². The highest BCUT2D eigenvalue weighted by Crippen LogP contribution is 2.35. The normalized spacial score (nSPS) is 19.9.